The summed E-state index contributed by atoms with van der Waals surface area (Å²) in [5, 5.41) is 9.63. The van der Waals surface area contributed by atoms with Gasteiger partial charge in [-0.25, -0.2) is 8.78 Å². The average molecular weight is 609 g/mol. The predicted octanol–water partition coefficient (Wildman–Crippen LogP) is 6.41. The van der Waals surface area contributed by atoms with Crippen LogP contribution >= 0.6 is 23.4 Å². The molecule has 3 aromatic rings. The van der Waals surface area contributed by atoms with E-state index in [1.54, 1.807) is 18.2 Å². The zero-order chi connectivity index (χ0) is 29.6. The van der Waals surface area contributed by atoms with Gasteiger partial charge in [0, 0.05) is 28.9 Å². The van der Waals surface area contributed by atoms with Gasteiger partial charge in [0.2, 0.25) is 0 Å². The van der Waals surface area contributed by atoms with Crippen molar-refractivity contribution in [2.45, 2.75) is 47.4 Å². The summed E-state index contributed by atoms with van der Waals surface area (Å²) in [6, 6.07) is 6.52. The number of halogens is 3. The molecule has 0 aliphatic carbocycles. The van der Waals surface area contributed by atoms with Gasteiger partial charge in [0.25, 0.3) is 0 Å². The smallest absolute Gasteiger partial charge is 0.319 e. The lowest BCUT2D eigenvalue weighted by molar-refractivity contribution is 0.108. The van der Waals surface area contributed by atoms with Crippen LogP contribution in [0, 0.1) is 23.0 Å². The highest BCUT2D eigenvalue weighted by Crippen LogP contribution is 2.51. The fourth-order valence-corrected chi connectivity index (χ4v) is 8.10. The molecular formula is C31H31ClF2N6OS. The van der Waals surface area contributed by atoms with Gasteiger partial charge in [0.05, 0.1) is 27.9 Å². The second-order valence-corrected chi connectivity index (χ2v) is 12.6. The summed E-state index contributed by atoms with van der Waals surface area (Å²) >= 11 is 7.84. The quantitative estimate of drug-likeness (QED) is 0.279. The van der Waals surface area contributed by atoms with Gasteiger partial charge in [0.15, 0.2) is 5.82 Å². The van der Waals surface area contributed by atoms with E-state index in [0.717, 1.165) is 50.5 Å². The zero-order valence-corrected chi connectivity index (χ0v) is 24.7. The first-order valence-corrected chi connectivity index (χ1v) is 15.3. The van der Waals surface area contributed by atoms with E-state index in [4.69, 9.17) is 27.1 Å². The van der Waals surface area contributed by atoms with Crippen molar-refractivity contribution in [1.82, 2.24) is 14.9 Å². The van der Waals surface area contributed by atoms with Gasteiger partial charge in [-0.05, 0) is 62.0 Å². The van der Waals surface area contributed by atoms with Crippen molar-refractivity contribution < 1.29 is 13.5 Å². The van der Waals surface area contributed by atoms with Crippen molar-refractivity contribution in [2.75, 3.05) is 37.7 Å². The van der Waals surface area contributed by atoms with Crippen LogP contribution in [0.1, 0.15) is 37.2 Å². The lowest BCUT2D eigenvalue weighted by atomic mass is 9.90. The van der Waals surface area contributed by atoms with E-state index < -0.39 is 22.9 Å². The molecule has 2 fully saturated rings. The second kappa shape index (κ2) is 11.5. The molecule has 11 heteroatoms. The fraction of sp³-hybridized carbons (Fsp3) is 0.387. The van der Waals surface area contributed by atoms with Gasteiger partial charge in [-0.3, -0.25) is 4.90 Å². The van der Waals surface area contributed by atoms with E-state index in [1.807, 2.05) is 4.90 Å². The predicted molar refractivity (Wildman–Crippen MR) is 163 cm³/mol. The minimum absolute atomic E-state index is 0.0151. The van der Waals surface area contributed by atoms with E-state index in [-0.39, 0.29) is 32.5 Å². The van der Waals surface area contributed by atoms with Crippen molar-refractivity contribution in [3.63, 3.8) is 0 Å². The van der Waals surface area contributed by atoms with Crippen molar-refractivity contribution >= 4 is 40.1 Å². The molecule has 2 aromatic carbocycles. The standard InChI is InChI=1S/C31H31ClF2N6OS/c1-3-11-39(12-4-2)29-19-15-21(32)24(18-7-8-22(33)27-23(18)20(16-35)28(36)42-27)25(34)26(19)37-30(38-29)41-17-31-9-5-13-40(31)14-6-10-31/h3-4,7-8,15,20,28H,1-2,5-6,9-14,17,36H2. The summed E-state index contributed by atoms with van der Waals surface area (Å²) < 4.78 is 37.8. The number of hydrogen-bond acceptors (Lipinski definition) is 8. The maximum absolute atomic E-state index is 16.8. The number of benzene rings is 2. The van der Waals surface area contributed by atoms with Crippen LogP contribution in [0.4, 0.5) is 14.6 Å². The van der Waals surface area contributed by atoms with Gasteiger partial charge < -0.3 is 15.4 Å². The molecule has 2 saturated heterocycles. The molecule has 3 aliphatic heterocycles. The molecule has 1 aromatic heterocycles. The summed E-state index contributed by atoms with van der Waals surface area (Å²) in [5.41, 5.74) is 6.80. The van der Waals surface area contributed by atoms with Crippen molar-refractivity contribution in [3.8, 4) is 23.2 Å². The van der Waals surface area contributed by atoms with Crippen molar-refractivity contribution in [2.24, 2.45) is 5.73 Å². The van der Waals surface area contributed by atoms with Gasteiger partial charge in [-0.2, -0.15) is 15.2 Å². The van der Waals surface area contributed by atoms with Crippen LogP contribution in [0.15, 0.2) is 48.4 Å². The van der Waals surface area contributed by atoms with Crippen LogP contribution in [0.2, 0.25) is 5.02 Å². The topological polar surface area (TPSA) is 91.3 Å². The van der Waals surface area contributed by atoms with Gasteiger partial charge in [-0.1, -0.05) is 29.8 Å². The molecule has 7 nitrogen and oxygen atoms in total. The molecule has 6 rings (SSSR count). The van der Waals surface area contributed by atoms with Crippen LogP contribution < -0.4 is 15.4 Å². The average Bonchev–Trinajstić information content (AvgIpc) is 3.65. The molecule has 218 valence electrons. The number of ether oxygens (including phenoxy) is 1. The van der Waals surface area contributed by atoms with E-state index in [0.29, 0.717) is 42.0 Å². The summed E-state index contributed by atoms with van der Waals surface area (Å²) in [4.78, 5) is 13.9. The van der Waals surface area contributed by atoms with Crippen LogP contribution in [0.3, 0.4) is 0 Å². The summed E-state index contributed by atoms with van der Waals surface area (Å²) in [5.74, 6) is -1.62. The molecule has 2 unspecified atom stereocenters. The summed E-state index contributed by atoms with van der Waals surface area (Å²) in [6.07, 6.45) is 7.76. The first-order valence-electron chi connectivity index (χ1n) is 14.0. The number of nitriles is 1. The number of aromatic nitrogens is 2. The molecule has 0 amide bonds. The van der Waals surface area contributed by atoms with Crippen molar-refractivity contribution in [1.29, 1.82) is 5.26 Å². The van der Waals surface area contributed by atoms with Crippen LogP contribution in [0.25, 0.3) is 22.0 Å². The molecule has 42 heavy (non-hydrogen) atoms. The molecule has 2 N–H and O–H groups in total. The first-order chi connectivity index (χ1) is 20.3. The number of rotatable bonds is 9. The minimum Gasteiger partial charge on any atom is -0.461 e. The Morgan fingerprint density at radius 1 is 1.21 bits per heavy atom. The van der Waals surface area contributed by atoms with Crippen LogP contribution in [-0.2, 0) is 0 Å². The lowest BCUT2D eigenvalue weighted by Crippen LogP contribution is -2.43. The number of hydrogen-bond donors (Lipinski definition) is 1. The van der Waals surface area contributed by atoms with Gasteiger partial charge in [0.1, 0.15) is 23.8 Å². The molecule has 0 spiro atoms. The third-order valence-electron chi connectivity index (χ3n) is 8.57. The van der Waals surface area contributed by atoms with E-state index >= 15 is 4.39 Å². The highest BCUT2D eigenvalue weighted by atomic mass is 35.5. The fourth-order valence-electron chi connectivity index (χ4n) is 6.66. The Kier molecular flexibility index (Phi) is 7.87. The third-order valence-corrected chi connectivity index (χ3v) is 10.1. The number of thioether (sulfide) groups is 1. The largest absolute Gasteiger partial charge is 0.461 e. The number of nitrogens with two attached hydrogens (primary N) is 1. The molecule has 0 bridgehead atoms. The summed E-state index contributed by atoms with van der Waals surface area (Å²) in [6.45, 7) is 11.1. The Bertz CT molecular complexity index is 1610. The Balaban J connectivity index is 1.52. The Morgan fingerprint density at radius 2 is 1.93 bits per heavy atom. The van der Waals surface area contributed by atoms with Gasteiger partial charge in [-0.15, -0.1) is 24.9 Å². The SMILES string of the molecule is C=CCN(CC=C)c1nc(OCC23CCCN2CCC3)nc2c(F)c(-c3ccc(F)c4c3C(C#N)C(N)S4)c(Cl)cc12. The third kappa shape index (κ3) is 4.73. The molecule has 0 radical (unpaired) electrons. The number of fused-ring (bicyclic) bond motifs is 3. The first kappa shape index (κ1) is 28.9. The van der Waals surface area contributed by atoms with E-state index in [9.17, 15) is 9.65 Å². The van der Waals surface area contributed by atoms with Crippen molar-refractivity contribution in [3.05, 3.63) is 65.7 Å². The second-order valence-electron chi connectivity index (χ2n) is 11.0. The number of nitrogens with zero attached hydrogens (tertiary/aromatic N) is 5. The van der Waals surface area contributed by atoms with E-state index in [2.05, 4.69) is 29.1 Å². The molecule has 0 saturated carbocycles. The molecule has 4 heterocycles. The Labute approximate surface area is 253 Å². The van der Waals surface area contributed by atoms with Crippen LogP contribution in [0.5, 0.6) is 6.01 Å². The highest BCUT2D eigenvalue weighted by Gasteiger charge is 2.45. The molecule has 3 aliphatic rings. The zero-order valence-electron chi connectivity index (χ0n) is 23.1. The van der Waals surface area contributed by atoms with Gasteiger partial charge >= 0.3 is 6.01 Å². The molecule has 2 atom stereocenters. The normalized spacial score (nSPS) is 20.7. The van der Waals surface area contributed by atoms with E-state index in [1.165, 1.54) is 12.1 Å². The monoisotopic (exact) mass is 608 g/mol. The maximum atomic E-state index is 16.8. The number of anilines is 1. The molecular weight excluding hydrogens is 578 g/mol. The lowest BCUT2D eigenvalue weighted by Gasteiger charge is -2.31. The maximum Gasteiger partial charge on any atom is 0.319 e. The Hall–Kier alpha value is -3.23. The highest BCUT2D eigenvalue weighted by molar-refractivity contribution is 8.00. The Morgan fingerprint density at radius 3 is 2.60 bits per heavy atom. The summed E-state index contributed by atoms with van der Waals surface area (Å²) in [7, 11) is 0. The minimum atomic E-state index is -0.836. The van der Waals surface area contributed by atoms with Crippen LogP contribution in [-0.4, -0.2) is 58.6 Å².